The molecule has 0 radical (unpaired) electrons. The van der Waals surface area contributed by atoms with Gasteiger partial charge in [0.25, 0.3) is 0 Å². The van der Waals surface area contributed by atoms with E-state index in [1.54, 1.807) is 11.3 Å². The van der Waals surface area contributed by atoms with E-state index in [1.807, 2.05) is 24.4 Å². The minimum Gasteiger partial charge on any atom is -0.486 e. The van der Waals surface area contributed by atoms with Crippen molar-refractivity contribution >= 4 is 27.3 Å². The van der Waals surface area contributed by atoms with E-state index in [4.69, 9.17) is 9.47 Å². The summed E-state index contributed by atoms with van der Waals surface area (Å²) in [6.07, 6.45) is -0.0994. The molecular formula is C14H14BrNO3S. The summed E-state index contributed by atoms with van der Waals surface area (Å²) in [6.45, 7) is 3.03. The Morgan fingerprint density at radius 1 is 1.40 bits per heavy atom. The fraction of sp³-hybridized carbons (Fsp3) is 0.357. The molecule has 1 atom stereocenters. The lowest BCUT2D eigenvalue weighted by atomic mass is 10.1. The second-order valence-electron chi connectivity index (χ2n) is 4.63. The zero-order chi connectivity index (χ0) is 14.1. The molecule has 1 aromatic heterocycles. The Morgan fingerprint density at radius 2 is 2.20 bits per heavy atom. The molecule has 2 aromatic rings. The third kappa shape index (κ3) is 2.82. The molecule has 1 aromatic carbocycles. The summed E-state index contributed by atoms with van der Waals surface area (Å²) >= 11 is 5.03. The van der Waals surface area contributed by atoms with Crippen LogP contribution in [-0.4, -0.2) is 23.3 Å². The lowest BCUT2D eigenvalue weighted by Gasteiger charge is -2.21. The number of ether oxygens (including phenoxy) is 2. The number of hydrogen-bond donors (Lipinski definition) is 1. The van der Waals surface area contributed by atoms with Gasteiger partial charge in [-0.1, -0.05) is 0 Å². The maximum Gasteiger partial charge on any atom is 0.175 e. The highest BCUT2D eigenvalue weighted by Crippen LogP contribution is 2.40. The molecule has 2 heterocycles. The number of hydrogen-bond acceptors (Lipinski definition) is 5. The van der Waals surface area contributed by atoms with Crippen LogP contribution < -0.4 is 9.47 Å². The van der Waals surface area contributed by atoms with Gasteiger partial charge in [-0.05, 0) is 40.5 Å². The van der Waals surface area contributed by atoms with Crippen LogP contribution in [0.2, 0.25) is 0 Å². The van der Waals surface area contributed by atoms with Crippen molar-refractivity contribution < 1.29 is 14.6 Å². The molecule has 3 rings (SSSR count). The van der Waals surface area contributed by atoms with Crippen LogP contribution in [0, 0.1) is 6.92 Å². The Kier molecular flexibility index (Phi) is 3.96. The maximum atomic E-state index is 10.4. The zero-order valence-electron chi connectivity index (χ0n) is 10.9. The summed E-state index contributed by atoms with van der Waals surface area (Å²) in [6, 6.07) is 3.71. The van der Waals surface area contributed by atoms with E-state index in [2.05, 4.69) is 20.9 Å². The summed E-state index contributed by atoms with van der Waals surface area (Å²) in [7, 11) is 0. The first kappa shape index (κ1) is 13.9. The van der Waals surface area contributed by atoms with Crippen molar-refractivity contribution in [2.24, 2.45) is 0 Å². The second-order valence-corrected chi connectivity index (χ2v) is 6.43. The van der Waals surface area contributed by atoms with E-state index in [-0.39, 0.29) is 0 Å². The third-order valence-corrected chi connectivity index (χ3v) is 4.62. The van der Waals surface area contributed by atoms with E-state index < -0.39 is 6.10 Å². The molecule has 1 aliphatic heterocycles. The van der Waals surface area contributed by atoms with Crippen LogP contribution >= 0.6 is 27.3 Å². The summed E-state index contributed by atoms with van der Waals surface area (Å²) in [4.78, 5) is 4.38. The van der Waals surface area contributed by atoms with Gasteiger partial charge in [0.15, 0.2) is 11.5 Å². The Hall–Kier alpha value is -1.11. The molecule has 0 saturated heterocycles. The highest BCUT2D eigenvalue weighted by atomic mass is 79.9. The molecule has 0 aliphatic carbocycles. The fourth-order valence-electron chi connectivity index (χ4n) is 2.10. The van der Waals surface area contributed by atoms with Gasteiger partial charge >= 0.3 is 0 Å². The number of aryl methyl sites for hydroxylation is 1. The average Bonchev–Trinajstić information content (AvgIpc) is 2.84. The number of aromatic nitrogens is 1. The summed E-state index contributed by atoms with van der Waals surface area (Å²) in [5.74, 6) is 1.38. The number of aliphatic hydroxyl groups is 1. The first-order chi connectivity index (χ1) is 9.63. The van der Waals surface area contributed by atoms with Crippen LogP contribution in [0.4, 0.5) is 0 Å². The molecule has 1 aliphatic rings. The van der Waals surface area contributed by atoms with Gasteiger partial charge in [0, 0.05) is 17.5 Å². The molecule has 0 spiro atoms. The van der Waals surface area contributed by atoms with Gasteiger partial charge in [0.2, 0.25) is 0 Å². The highest BCUT2D eigenvalue weighted by molar-refractivity contribution is 9.10. The van der Waals surface area contributed by atoms with Crippen molar-refractivity contribution in [2.45, 2.75) is 19.4 Å². The SMILES string of the molecule is Cc1csc(CC(O)c2cc(Br)c3c(c2)OCCO3)n1. The van der Waals surface area contributed by atoms with Crippen LogP contribution in [0.15, 0.2) is 22.0 Å². The average molecular weight is 356 g/mol. The number of thiazole rings is 1. The number of fused-ring (bicyclic) bond motifs is 1. The van der Waals surface area contributed by atoms with Crippen molar-refractivity contribution in [3.63, 3.8) is 0 Å². The smallest absolute Gasteiger partial charge is 0.175 e. The van der Waals surface area contributed by atoms with E-state index in [1.165, 1.54) is 0 Å². The lowest BCUT2D eigenvalue weighted by Crippen LogP contribution is -2.16. The monoisotopic (exact) mass is 355 g/mol. The molecule has 0 fully saturated rings. The first-order valence-corrected chi connectivity index (χ1v) is 7.99. The molecule has 4 nitrogen and oxygen atoms in total. The predicted molar refractivity (Wildman–Crippen MR) is 80.6 cm³/mol. The summed E-state index contributed by atoms with van der Waals surface area (Å²) in [5.41, 5.74) is 1.79. The van der Waals surface area contributed by atoms with Crippen LogP contribution in [0.3, 0.4) is 0 Å². The number of halogens is 1. The van der Waals surface area contributed by atoms with Gasteiger partial charge in [-0.25, -0.2) is 4.98 Å². The maximum absolute atomic E-state index is 10.4. The number of aliphatic hydroxyl groups excluding tert-OH is 1. The number of benzene rings is 1. The Labute approximate surface area is 129 Å². The molecular weight excluding hydrogens is 342 g/mol. The van der Waals surface area contributed by atoms with Crippen LogP contribution in [-0.2, 0) is 6.42 Å². The molecule has 1 unspecified atom stereocenters. The number of nitrogens with zero attached hydrogens (tertiary/aromatic N) is 1. The summed E-state index contributed by atoms with van der Waals surface area (Å²) in [5, 5.41) is 13.3. The molecule has 1 N–H and O–H groups in total. The predicted octanol–water partition coefficient (Wildman–Crippen LogP) is 3.26. The van der Waals surface area contributed by atoms with Gasteiger partial charge in [-0.2, -0.15) is 0 Å². The Bertz CT molecular complexity index is 629. The van der Waals surface area contributed by atoms with E-state index >= 15 is 0 Å². The van der Waals surface area contributed by atoms with Crippen molar-refractivity contribution in [2.75, 3.05) is 13.2 Å². The normalized spacial score (nSPS) is 15.2. The van der Waals surface area contributed by atoms with Crippen LogP contribution in [0.25, 0.3) is 0 Å². The Balaban J connectivity index is 1.84. The largest absolute Gasteiger partial charge is 0.486 e. The van der Waals surface area contributed by atoms with Gasteiger partial charge in [0.1, 0.15) is 13.2 Å². The van der Waals surface area contributed by atoms with E-state index in [0.717, 1.165) is 20.7 Å². The van der Waals surface area contributed by atoms with Crippen LogP contribution in [0.1, 0.15) is 22.4 Å². The molecule has 20 heavy (non-hydrogen) atoms. The fourth-order valence-corrected chi connectivity index (χ4v) is 3.49. The van der Waals surface area contributed by atoms with Gasteiger partial charge in [-0.3, -0.25) is 0 Å². The molecule has 0 saturated carbocycles. The van der Waals surface area contributed by atoms with Crippen LogP contribution in [0.5, 0.6) is 11.5 Å². The summed E-state index contributed by atoms with van der Waals surface area (Å²) < 4.78 is 11.9. The van der Waals surface area contributed by atoms with Gasteiger partial charge in [0.05, 0.1) is 15.6 Å². The van der Waals surface area contributed by atoms with E-state index in [0.29, 0.717) is 31.1 Å². The van der Waals surface area contributed by atoms with Crippen molar-refractivity contribution in [3.8, 4) is 11.5 Å². The van der Waals surface area contributed by atoms with Crippen molar-refractivity contribution in [1.29, 1.82) is 0 Å². The molecule has 6 heteroatoms. The zero-order valence-corrected chi connectivity index (χ0v) is 13.3. The van der Waals surface area contributed by atoms with Gasteiger partial charge in [-0.15, -0.1) is 11.3 Å². The minimum absolute atomic E-state index is 0.505. The van der Waals surface area contributed by atoms with Crippen molar-refractivity contribution in [1.82, 2.24) is 4.98 Å². The highest BCUT2D eigenvalue weighted by Gasteiger charge is 2.20. The second kappa shape index (κ2) is 5.71. The minimum atomic E-state index is -0.604. The molecule has 0 bridgehead atoms. The third-order valence-electron chi connectivity index (χ3n) is 3.04. The standard InChI is InChI=1S/C14H14BrNO3S/c1-8-7-20-13(16-8)6-11(17)9-4-10(15)14-12(5-9)18-2-3-19-14/h4-5,7,11,17H,2-3,6H2,1H3. The molecule has 0 amide bonds. The quantitative estimate of drug-likeness (QED) is 0.917. The Morgan fingerprint density at radius 3 is 2.95 bits per heavy atom. The topological polar surface area (TPSA) is 51.6 Å². The lowest BCUT2D eigenvalue weighted by molar-refractivity contribution is 0.163. The van der Waals surface area contributed by atoms with E-state index in [9.17, 15) is 5.11 Å². The first-order valence-electron chi connectivity index (χ1n) is 6.31. The number of rotatable bonds is 3. The van der Waals surface area contributed by atoms with Gasteiger partial charge < -0.3 is 14.6 Å². The molecule has 106 valence electrons. The van der Waals surface area contributed by atoms with Crippen molar-refractivity contribution in [3.05, 3.63) is 38.3 Å².